The fourth-order valence-corrected chi connectivity index (χ4v) is 5.12. The van der Waals surface area contributed by atoms with Crippen molar-refractivity contribution < 1.29 is 14.3 Å². The number of carbonyl (C=O) groups excluding carboxylic acids is 2. The lowest BCUT2D eigenvalue weighted by atomic mass is 9.96. The molecular formula is C29H32ClN3O3. The van der Waals surface area contributed by atoms with Crippen molar-refractivity contribution in [3.63, 3.8) is 0 Å². The van der Waals surface area contributed by atoms with Gasteiger partial charge in [-0.1, -0.05) is 55.8 Å². The van der Waals surface area contributed by atoms with Gasteiger partial charge in [0.15, 0.2) is 0 Å². The lowest BCUT2D eigenvalue weighted by molar-refractivity contribution is 0.0412. The molecule has 6 nitrogen and oxygen atoms in total. The normalized spacial score (nSPS) is 18.8. The second-order valence-corrected chi connectivity index (χ2v) is 10.7. The van der Waals surface area contributed by atoms with Gasteiger partial charge in [-0.05, 0) is 55.4 Å². The van der Waals surface area contributed by atoms with Gasteiger partial charge in [0.2, 0.25) is 0 Å². The van der Waals surface area contributed by atoms with E-state index in [4.69, 9.17) is 21.3 Å². The highest BCUT2D eigenvalue weighted by atomic mass is 35.5. The average molecular weight is 506 g/mol. The molecule has 36 heavy (non-hydrogen) atoms. The summed E-state index contributed by atoms with van der Waals surface area (Å²) < 4.78 is 5.28. The molecule has 0 spiro atoms. The van der Waals surface area contributed by atoms with Crippen molar-refractivity contribution in [1.29, 1.82) is 0 Å². The van der Waals surface area contributed by atoms with Gasteiger partial charge in [-0.25, -0.2) is 9.78 Å². The molecule has 1 aliphatic carbocycles. The largest absolute Gasteiger partial charge is 0.449 e. The third-order valence-electron chi connectivity index (χ3n) is 7.46. The number of aromatic nitrogens is 1. The third kappa shape index (κ3) is 4.79. The van der Waals surface area contributed by atoms with Crippen LogP contribution in [-0.4, -0.2) is 59.1 Å². The standard InChI is InChI=1S/C29H32ClN3O3/c1-4-15-36-28(35)33-14-13-32(18-19(33)2)27(34)21-7-10-23-24(30)17-25(31-26(23)16-21)20-5-8-22(9-6-20)29(3)11-12-29/h5-10,16-17,19H,4,11-15,18H2,1-3H3/t19-/m1/s1. The number of nitrogens with zero attached hydrogens (tertiary/aromatic N) is 3. The minimum atomic E-state index is -0.312. The topological polar surface area (TPSA) is 62.7 Å². The Labute approximate surface area is 217 Å². The van der Waals surface area contributed by atoms with Crippen LogP contribution in [0.1, 0.15) is 56.0 Å². The third-order valence-corrected chi connectivity index (χ3v) is 7.78. The van der Waals surface area contributed by atoms with Gasteiger partial charge in [-0.15, -0.1) is 0 Å². The van der Waals surface area contributed by atoms with E-state index in [1.807, 2.05) is 32.0 Å². The molecule has 3 aromatic rings. The van der Waals surface area contributed by atoms with Crippen LogP contribution in [0.15, 0.2) is 48.5 Å². The SMILES string of the molecule is CCCOC(=O)N1CCN(C(=O)c2ccc3c(Cl)cc(-c4ccc(C5(C)CC5)cc4)nc3c2)C[C@H]1C. The summed E-state index contributed by atoms with van der Waals surface area (Å²) in [6.45, 7) is 7.97. The predicted octanol–water partition coefficient (Wildman–Crippen LogP) is 6.30. The number of ether oxygens (including phenoxy) is 1. The van der Waals surface area contributed by atoms with Gasteiger partial charge in [-0.3, -0.25) is 4.79 Å². The average Bonchev–Trinajstić information content (AvgIpc) is 3.64. The quantitative estimate of drug-likeness (QED) is 0.408. The van der Waals surface area contributed by atoms with Gasteiger partial charge >= 0.3 is 6.09 Å². The Hall–Kier alpha value is -3.12. The Morgan fingerprint density at radius 3 is 2.53 bits per heavy atom. The highest BCUT2D eigenvalue weighted by molar-refractivity contribution is 6.35. The van der Waals surface area contributed by atoms with Gasteiger partial charge in [-0.2, -0.15) is 0 Å². The van der Waals surface area contributed by atoms with E-state index in [2.05, 4.69) is 31.2 Å². The van der Waals surface area contributed by atoms with E-state index in [0.29, 0.717) is 47.8 Å². The Morgan fingerprint density at radius 1 is 1.11 bits per heavy atom. The molecule has 1 saturated heterocycles. The Bertz CT molecular complexity index is 1300. The van der Waals surface area contributed by atoms with Crippen molar-refractivity contribution in [2.75, 3.05) is 26.2 Å². The van der Waals surface area contributed by atoms with Crippen molar-refractivity contribution in [2.45, 2.75) is 51.5 Å². The van der Waals surface area contributed by atoms with Gasteiger partial charge < -0.3 is 14.5 Å². The van der Waals surface area contributed by atoms with E-state index < -0.39 is 0 Å². The zero-order chi connectivity index (χ0) is 25.4. The lowest BCUT2D eigenvalue weighted by Crippen LogP contribution is -2.55. The Kier molecular flexibility index (Phi) is 6.64. The minimum absolute atomic E-state index is 0.0734. The minimum Gasteiger partial charge on any atom is -0.449 e. The van der Waals surface area contributed by atoms with E-state index in [1.54, 1.807) is 15.9 Å². The molecule has 0 bridgehead atoms. The Balaban J connectivity index is 1.35. The first-order valence-electron chi connectivity index (χ1n) is 12.7. The molecule has 2 aromatic carbocycles. The fraction of sp³-hybridized carbons (Fsp3) is 0.414. The van der Waals surface area contributed by atoms with Crippen LogP contribution in [0.25, 0.3) is 22.2 Å². The van der Waals surface area contributed by atoms with E-state index in [9.17, 15) is 9.59 Å². The Morgan fingerprint density at radius 2 is 1.86 bits per heavy atom. The molecule has 2 aliphatic rings. The molecule has 1 atom stereocenters. The summed E-state index contributed by atoms with van der Waals surface area (Å²) >= 11 is 6.62. The summed E-state index contributed by atoms with van der Waals surface area (Å²) in [5.74, 6) is -0.0734. The zero-order valence-corrected chi connectivity index (χ0v) is 21.8. The number of fused-ring (bicyclic) bond motifs is 1. The number of halogens is 1. The van der Waals surface area contributed by atoms with Crippen molar-refractivity contribution in [3.8, 4) is 11.3 Å². The molecule has 2 fully saturated rings. The molecule has 2 amide bonds. The van der Waals surface area contributed by atoms with Crippen LogP contribution >= 0.6 is 11.6 Å². The zero-order valence-electron chi connectivity index (χ0n) is 21.1. The maximum absolute atomic E-state index is 13.3. The summed E-state index contributed by atoms with van der Waals surface area (Å²) in [7, 11) is 0. The second kappa shape index (κ2) is 9.74. The lowest BCUT2D eigenvalue weighted by Gasteiger charge is -2.39. The molecule has 1 aromatic heterocycles. The number of benzene rings is 2. The molecule has 0 N–H and O–H groups in total. The van der Waals surface area contributed by atoms with Crippen LogP contribution in [0.3, 0.4) is 0 Å². The number of hydrogen-bond donors (Lipinski definition) is 0. The number of amides is 2. The molecule has 0 radical (unpaired) electrons. The summed E-state index contributed by atoms with van der Waals surface area (Å²) in [6.07, 6.45) is 2.94. The molecule has 7 heteroatoms. The van der Waals surface area contributed by atoms with Crippen molar-refractivity contribution in [2.24, 2.45) is 0 Å². The molecular weight excluding hydrogens is 474 g/mol. The smallest absolute Gasteiger partial charge is 0.410 e. The first kappa shape index (κ1) is 24.6. The van der Waals surface area contributed by atoms with Gasteiger partial charge in [0, 0.05) is 42.2 Å². The first-order chi connectivity index (χ1) is 17.3. The number of rotatable bonds is 5. The molecule has 1 saturated carbocycles. The molecule has 188 valence electrons. The fourth-order valence-electron chi connectivity index (χ4n) is 4.85. The molecule has 0 unspecified atom stereocenters. The van der Waals surface area contributed by atoms with Crippen LogP contribution in [-0.2, 0) is 10.2 Å². The number of carbonyl (C=O) groups is 2. The van der Waals surface area contributed by atoms with E-state index in [1.165, 1.54) is 18.4 Å². The maximum Gasteiger partial charge on any atom is 0.410 e. The van der Waals surface area contributed by atoms with Crippen molar-refractivity contribution in [3.05, 3.63) is 64.7 Å². The monoisotopic (exact) mass is 505 g/mol. The highest BCUT2D eigenvalue weighted by Crippen LogP contribution is 2.47. The van der Waals surface area contributed by atoms with Crippen molar-refractivity contribution in [1.82, 2.24) is 14.8 Å². The summed E-state index contributed by atoms with van der Waals surface area (Å²) in [4.78, 5) is 34.0. The molecule has 2 heterocycles. The van der Waals surface area contributed by atoms with Gasteiger partial charge in [0.05, 0.1) is 22.8 Å². The van der Waals surface area contributed by atoms with Gasteiger partial charge in [0.25, 0.3) is 5.91 Å². The van der Waals surface area contributed by atoms with E-state index in [0.717, 1.165) is 23.1 Å². The highest BCUT2D eigenvalue weighted by Gasteiger charge is 2.38. The van der Waals surface area contributed by atoms with Crippen LogP contribution < -0.4 is 0 Å². The molecule has 1 aliphatic heterocycles. The number of piperazine rings is 1. The predicted molar refractivity (Wildman–Crippen MR) is 142 cm³/mol. The van der Waals surface area contributed by atoms with E-state index in [-0.39, 0.29) is 18.0 Å². The van der Waals surface area contributed by atoms with Crippen LogP contribution in [0, 0.1) is 0 Å². The molecule has 5 rings (SSSR count). The van der Waals surface area contributed by atoms with Crippen molar-refractivity contribution >= 4 is 34.5 Å². The number of hydrogen-bond acceptors (Lipinski definition) is 4. The second-order valence-electron chi connectivity index (χ2n) is 10.3. The van der Waals surface area contributed by atoms with E-state index >= 15 is 0 Å². The van der Waals surface area contributed by atoms with Crippen LogP contribution in [0.5, 0.6) is 0 Å². The summed E-state index contributed by atoms with van der Waals surface area (Å²) in [6, 6.07) is 15.8. The summed E-state index contributed by atoms with van der Waals surface area (Å²) in [5.41, 5.74) is 4.73. The van der Waals surface area contributed by atoms with Crippen LogP contribution in [0.4, 0.5) is 4.79 Å². The number of pyridine rings is 1. The first-order valence-corrected chi connectivity index (χ1v) is 13.1. The summed E-state index contributed by atoms with van der Waals surface area (Å²) in [5, 5.41) is 1.43. The van der Waals surface area contributed by atoms with Gasteiger partial charge in [0.1, 0.15) is 0 Å². The van der Waals surface area contributed by atoms with Crippen LogP contribution in [0.2, 0.25) is 5.02 Å². The maximum atomic E-state index is 13.3.